The van der Waals surface area contributed by atoms with Gasteiger partial charge in [0.1, 0.15) is 0 Å². The van der Waals surface area contributed by atoms with E-state index >= 15 is 0 Å². The van der Waals surface area contributed by atoms with Crippen molar-refractivity contribution in [2.75, 3.05) is 7.05 Å². The van der Waals surface area contributed by atoms with Crippen LogP contribution in [-0.4, -0.2) is 23.1 Å². The van der Waals surface area contributed by atoms with Crippen LogP contribution in [0.1, 0.15) is 12.5 Å². The van der Waals surface area contributed by atoms with Crippen LogP contribution >= 0.6 is 11.8 Å². The smallest absolute Gasteiger partial charge is 0.272 e. The highest BCUT2D eigenvalue weighted by Gasteiger charge is 2.33. The summed E-state index contributed by atoms with van der Waals surface area (Å²) < 4.78 is 0. The number of hydrogen-bond acceptors (Lipinski definition) is 3. The molecular weight excluding hydrogens is 222 g/mol. The average molecular weight is 233 g/mol. The quantitative estimate of drug-likeness (QED) is 0.700. The van der Waals surface area contributed by atoms with Crippen molar-refractivity contribution in [2.45, 2.75) is 6.92 Å². The number of carbonyl (C=O) groups is 2. The van der Waals surface area contributed by atoms with Crippen LogP contribution in [0.25, 0.3) is 5.57 Å². The van der Waals surface area contributed by atoms with Crippen molar-refractivity contribution < 1.29 is 9.59 Å². The van der Waals surface area contributed by atoms with E-state index in [-0.39, 0.29) is 11.1 Å². The highest BCUT2D eigenvalue weighted by atomic mass is 32.2. The van der Waals surface area contributed by atoms with Crippen molar-refractivity contribution in [2.24, 2.45) is 0 Å². The largest absolute Gasteiger partial charge is 0.293 e. The van der Waals surface area contributed by atoms with Crippen LogP contribution in [0.2, 0.25) is 0 Å². The van der Waals surface area contributed by atoms with Crippen LogP contribution in [0.5, 0.6) is 0 Å². The van der Waals surface area contributed by atoms with E-state index in [1.54, 1.807) is 0 Å². The van der Waals surface area contributed by atoms with Gasteiger partial charge in [0.05, 0.1) is 4.91 Å². The number of amides is 2. The van der Waals surface area contributed by atoms with Gasteiger partial charge in [0.2, 0.25) is 0 Å². The first-order chi connectivity index (χ1) is 7.61. The third-order valence-corrected chi connectivity index (χ3v) is 3.64. The van der Waals surface area contributed by atoms with Gasteiger partial charge in [-0.1, -0.05) is 30.3 Å². The molecule has 0 atom stereocenters. The number of imide groups is 1. The molecule has 0 unspecified atom stereocenters. The van der Waals surface area contributed by atoms with Gasteiger partial charge in [-0.15, -0.1) is 0 Å². The third kappa shape index (κ3) is 1.76. The van der Waals surface area contributed by atoms with Gasteiger partial charge in [-0.05, 0) is 29.8 Å². The molecule has 1 aromatic rings. The Morgan fingerprint density at radius 3 is 2.31 bits per heavy atom. The van der Waals surface area contributed by atoms with Crippen molar-refractivity contribution in [3.05, 3.63) is 40.8 Å². The summed E-state index contributed by atoms with van der Waals surface area (Å²) >= 11 is 1.00. The molecule has 0 bridgehead atoms. The molecule has 82 valence electrons. The third-order valence-electron chi connectivity index (χ3n) is 2.51. The van der Waals surface area contributed by atoms with E-state index in [1.807, 2.05) is 37.3 Å². The standard InChI is InChI=1S/C12H11NO2S/c1-8(9-6-4-3-5-7-9)10-11(14)13(2)12(15)16-10/h3-7H,1-2H3/b10-8+. The molecule has 1 saturated heterocycles. The predicted octanol–water partition coefficient (Wildman–Crippen LogP) is 2.74. The first kappa shape index (κ1) is 11.0. The molecule has 2 rings (SSSR count). The molecule has 0 aliphatic carbocycles. The molecule has 0 saturated carbocycles. The van der Waals surface area contributed by atoms with Crippen LogP contribution in [0, 0.1) is 0 Å². The summed E-state index contributed by atoms with van der Waals surface area (Å²) in [5.41, 5.74) is 1.83. The van der Waals surface area contributed by atoms with E-state index in [1.165, 1.54) is 7.05 Å². The van der Waals surface area contributed by atoms with Gasteiger partial charge in [-0.3, -0.25) is 14.5 Å². The summed E-state index contributed by atoms with van der Waals surface area (Å²) in [7, 11) is 1.50. The molecule has 0 aromatic heterocycles. The average Bonchev–Trinajstić information content (AvgIpc) is 2.57. The van der Waals surface area contributed by atoms with E-state index in [4.69, 9.17) is 0 Å². The maximum absolute atomic E-state index is 11.8. The summed E-state index contributed by atoms with van der Waals surface area (Å²) in [5.74, 6) is -0.212. The van der Waals surface area contributed by atoms with Crippen molar-refractivity contribution in [1.29, 1.82) is 0 Å². The Balaban J connectivity index is 2.44. The molecule has 1 aromatic carbocycles. The molecule has 4 heteroatoms. The SMILES string of the molecule is C/C(=C1\SC(=O)N(C)C1=O)c1ccccc1. The maximum atomic E-state index is 11.8. The minimum Gasteiger partial charge on any atom is -0.272 e. The summed E-state index contributed by atoms with van der Waals surface area (Å²) in [6, 6.07) is 9.60. The maximum Gasteiger partial charge on any atom is 0.293 e. The van der Waals surface area contributed by atoms with E-state index < -0.39 is 0 Å². The Hall–Kier alpha value is -1.55. The van der Waals surface area contributed by atoms with Crippen LogP contribution in [-0.2, 0) is 4.79 Å². The molecule has 1 aliphatic rings. The molecule has 0 spiro atoms. The zero-order chi connectivity index (χ0) is 11.7. The Bertz CT molecular complexity index is 479. The number of thioether (sulfide) groups is 1. The zero-order valence-corrected chi connectivity index (χ0v) is 9.88. The second-order valence-corrected chi connectivity index (χ2v) is 4.51. The van der Waals surface area contributed by atoms with E-state index in [9.17, 15) is 9.59 Å². The fraction of sp³-hybridized carbons (Fsp3) is 0.167. The Kier molecular flexibility index (Phi) is 2.83. The van der Waals surface area contributed by atoms with E-state index in [0.29, 0.717) is 4.91 Å². The molecule has 1 heterocycles. The highest BCUT2D eigenvalue weighted by molar-refractivity contribution is 8.18. The molecule has 2 amide bonds. The molecule has 16 heavy (non-hydrogen) atoms. The number of nitrogens with zero attached hydrogens (tertiary/aromatic N) is 1. The zero-order valence-electron chi connectivity index (χ0n) is 9.06. The normalized spacial score (nSPS) is 19.2. The predicted molar refractivity (Wildman–Crippen MR) is 64.8 cm³/mol. The van der Waals surface area contributed by atoms with E-state index in [2.05, 4.69) is 0 Å². The monoisotopic (exact) mass is 233 g/mol. The van der Waals surface area contributed by atoms with Crippen LogP contribution in [0.15, 0.2) is 35.2 Å². The van der Waals surface area contributed by atoms with Gasteiger partial charge >= 0.3 is 0 Å². The number of allylic oxidation sites excluding steroid dienone is 1. The number of likely N-dealkylation sites (N-methyl/N-ethyl adjacent to an activating group) is 1. The molecule has 0 N–H and O–H groups in total. The van der Waals surface area contributed by atoms with Gasteiger partial charge in [0, 0.05) is 7.05 Å². The Morgan fingerprint density at radius 2 is 1.81 bits per heavy atom. The number of carbonyl (C=O) groups excluding carboxylic acids is 2. The van der Waals surface area contributed by atoms with Gasteiger partial charge in [-0.2, -0.15) is 0 Å². The lowest BCUT2D eigenvalue weighted by Gasteiger charge is -2.04. The van der Waals surface area contributed by atoms with Gasteiger partial charge in [0.15, 0.2) is 0 Å². The number of rotatable bonds is 1. The summed E-state index contributed by atoms with van der Waals surface area (Å²) in [6.45, 7) is 1.86. The minimum atomic E-state index is -0.213. The van der Waals surface area contributed by atoms with Crippen molar-refractivity contribution in [1.82, 2.24) is 4.90 Å². The fourth-order valence-electron chi connectivity index (χ4n) is 1.49. The summed E-state index contributed by atoms with van der Waals surface area (Å²) in [6.07, 6.45) is 0. The van der Waals surface area contributed by atoms with E-state index in [0.717, 1.165) is 27.8 Å². The summed E-state index contributed by atoms with van der Waals surface area (Å²) in [5, 5.41) is -0.213. The highest BCUT2D eigenvalue weighted by Crippen LogP contribution is 2.35. The summed E-state index contributed by atoms with van der Waals surface area (Å²) in [4.78, 5) is 24.8. The van der Waals surface area contributed by atoms with Crippen LogP contribution in [0.4, 0.5) is 4.79 Å². The Morgan fingerprint density at radius 1 is 1.19 bits per heavy atom. The number of benzene rings is 1. The first-order valence-corrected chi connectivity index (χ1v) is 5.69. The Labute approximate surface area is 98.1 Å². The molecule has 3 nitrogen and oxygen atoms in total. The van der Waals surface area contributed by atoms with Crippen molar-refractivity contribution in [3.8, 4) is 0 Å². The first-order valence-electron chi connectivity index (χ1n) is 4.87. The molecule has 0 radical (unpaired) electrons. The minimum absolute atomic E-state index is 0.212. The second-order valence-electron chi connectivity index (χ2n) is 3.55. The van der Waals surface area contributed by atoms with Gasteiger partial charge in [-0.25, -0.2) is 0 Å². The lowest BCUT2D eigenvalue weighted by molar-refractivity contribution is -0.121. The fourth-order valence-corrected chi connectivity index (χ4v) is 2.38. The van der Waals surface area contributed by atoms with Crippen molar-refractivity contribution in [3.63, 3.8) is 0 Å². The van der Waals surface area contributed by atoms with Gasteiger partial charge in [0.25, 0.3) is 11.1 Å². The second kappa shape index (κ2) is 4.14. The topological polar surface area (TPSA) is 37.4 Å². The lowest BCUT2D eigenvalue weighted by atomic mass is 10.1. The molecule has 1 aliphatic heterocycles. The van der Waals surface area contributed by atoms with Crippen LogP contribution < -0.4 is 0 Å². The lowest BCUT2D eigenvalue weighted by Crippen LogP contribution is -2.22. The number of hydrogen-bond donors (Lipinski definition) is 0. The van der Waals surface area contributed by atoms with Crippen molar-refractivity contribution >= 4 is 28.5 Å². The van der Waals surface area contributed by atoms with Gasteiger partial charge < -0.3 is 0 Å². The van der Waals surface area contributed by atoms with Crippen LogP contribution in [0.3, 0.4) is 0 Å². The molecular formula is C12H11NO2S. The molecule has 1 fully saturated rings.